The molecule has 27 heavy (non-hydrogen) atoms. The summed E-state index contributed by atoms with van der Waals surface area (Å²) in [7, 11) is 0. The SMILES string of the molecule is NC(=O)CN1C(=O)S/C(=C\c2cc(N=Nc3ccccc3)ccc2O)C1=O. The molecule has 0 aromatic heterocycles. The maximum absolute atomic E-state index is 12.2. The Kier molecular flexibility index (Phi) is 5.32. The molecule has 2 aromatic rings. The van der Waals surface area contributed by atoms with E-state index in [0.717, 1.165) is 4.90 Å². The van der Waals surface area contributed by atoms with Gasteiger partial charge in [-0.1, -0.05) is 18.2 Å². The van der Waals surface area contributed by atoms with Crippen LogP contribution in [0.1, 0.15) is 5.56 Å². The summed E-state index contributed by atoms with van der Waals surface area (Å²) in [6.07, 6.45) is 1.36. The molecule has 9 heteroatoms. The van der Waals surface area contributed by atoms with Crippen LogP contribution in [0.3, 0.4) is 0 Å². The number of phenolic OH excluding ortho intramolecular Hbond substituents is 1. The molecule has 0 saturated carbocycles. The fourth-order valence-electron chi connectivity index (χ4n) is 2.26. The molecule has 2 aromatic carbocycles. The third-order valence-corrected chi connectivity index (χ3v) is 4.43. The lowest BCUT2D eigenvalue weighted by Gasteiger charge is -2.08. The highest BCUT2D eigenvalue weighted by Gasteiger charge is 2.35. The minimum absolute atomic E-state index is 0.0775. The Labute approximate surface area is 158 Å². The van der Waals surface area contributed by atoms with Crippen molar-refractivity contribution in [3.63, 3.8) is 0 Å². The highest BCUT2D eigenvalue weighted by atomic mass is 32.2. The second-order valence-corrected chi connectivity index (χ2v) is 6.51. The summed E-state index contributed by atoms with van der Waals surface area (Å²) in [6.45, 7) is -0.487. The zero-order valence-corrected chi connectivity index (χ0v) is 14.7. The number of hydrogen-bond acceptors (Lipinski definition) is 7. The normalized spacial score (nSPS) is 15.9. The van der Waals surface area contributed by atoms with Crippen LogP contribution in [0.15, 0.2) is 63.7 Å². The molecule has 3 amide bonds. The van der Waals surface area contributed by atoms with Crippen LogP contribution < -0.4 is 5.73 Å². The van der Waals surface area contributed by atoms with E-state index in [1.165, 1.54) is 18.2 Å². The van der Waals surface area contributed by atoms with Gasteiger partial charge in [0, 0.05) is 5.56 Å². The lowest BCUT2D eigenvalue weighted by molar-refractivity contribution is -0.127. The van der Waals surface area contributed by atoms with Crippen molar-refractivity contribution in [2.24, 2.45) is 16.0 Å². The van der Waals surface area contributed by atoms with Gasteiger partial charge in [0.05, 0.1) is 16.3 Å². The van der Waals surface area contributed by atoms with Gasteiger partial charge in [0.15, 0.2) is 0 Å². The van der Waals surface area contributed by atoms with Crippen molar-refractivity contribution < 1.29 is 19.5 Å². The van der Waals surface area contributed by atoms with Gasteiger partial charge >= 0.3 is 0 Å². The monoisotopic (exact) mass is 382 g/mol. The van der Waals surface area contributed by atoms with Gasteiger partial charge in [-0.2, -0.15) is 10.2 Å². The summed E-state index contributed by atoms with van der Waals surface area (Å²) in [4.78, 5) is 35.9. The number of carbonyl (C=O) groups is 3. The Morgan fingerprint density at radius 3 is 2.52 bits per heavy atom. The fourth-order valence-corrected chi connectivity index (χ4v) is 3.09. The van der Waals surface area contributed by atoms with Gasteiger partial charge in [0.25, 0.3) is 11.1 Å². The molecule has 3 rings (SSSR count). The number of nitrogens with two attached hydrogens (primary N) is 1. The summed E-state index contributed by atoms with van der Waals surface area (Å²) in [5.74, 6) is -1.51. The molecule has 0 bridgehead atoms. The molecule has 0 radical (unpaired) electrons. The van der Waals surface area contributed by atoms with E-state index >= 15 is 0 Å². The summed E-state index contributed by atoms with van der Waals surface area (Å²) in [5, 5.41) is 17.6. The number of amides is 3. The van der Waals surface area contributed by atoms with Crippen molar-refractivity contribution in [2.75, 3.05) is 6.54 Å². The van der Waals surface area contributed by atoms with Crippen LogP contribution in [0, 0.1) is 0 Å². The summed E-state index contributed by atoms with van der Waals surface area (Å²) >= 11 is 0.669. The van der Waals surface area contributed by atoms with Crippen LogP contribution in [0.5, 0.6) is 5.75 Å². The van der Waals surface area contributed by atoms with Gasteiger partial charge in [-0.3, -0.25) is 19.3 Å². The predicted molar refractivity (Wildman–Crippen MR) is 101 cm³/mol. The first-order chi connectivity index (χ1) is 12.9. The second kappa shape index (κ2) is 7.83. The molecule has 136 valence electrons. The molecular weight excluding hydrogens is 368 g/mol. The van der Waals surface area contributed by atoms with Crippen LogP contribution in [0.2, 0.25) is 0 Å². The molecule has 1 heterocycles. The fraction of sp³-hybridized carbons (Fsp3) is 0.0556. The summed E-state index contributed by atoms with van der Waals surface area (Å²) < 4.78 is 0. The number of carbonyl (C=O) groups excluding carboxylic acids is 3. The lowest BCUT2D eigenvalue weighted by Crippen LogP contribution is -2.36. The predicted octanol–water partition coefficient (Wildman–Crippen LogP) is 3.33. The molecule has 0 unspecified atom stereocenters. The van der Waals surface area contributed by atoms with Crippen LogP contribution in [0.4, 0.5) is 16.2 Å². The maximum atomic E-state index is 12.2. The van der Waals surface area contributed by atoms with Crippen molar-refractivity contribution in [3.05, 3.63) is 59.0 Å². The first kappa shape index (κ1) is 18.3. The number of hydrogen-bond donors (Lipinski definition) is 2. The Morgan fingerprint density at radius 1 is 1.11 bits per heavy atom. The summed E-state index contributed by atoms with van der Waals surface area (Å²) in [6, 6.07) is 13.6. The van der Waals surface area contributed by atoms with E-state index in [1.54, 1.807) is 18.2 Å². The quantitative estimate of drug-likeness (QED) is 0.606. The first-order valence-electron chi connectivity index (χ1n) is 7.77. The molecular formula is C18H14N4O4S. The van der Waals surface area contributed by atoms with Crippen molar-refractivity contribution in [3.8, 4) is 5.75 Å². The number of nitrogens with zero attached hydrogens (tertiary/aromatic N) is 3. The molecule has 8 nitrogen and oxygen atoms in total. The highest BCUT2D eigenvalue weighted by molar-refractivity contribution is 8.18. The van der Waals surface area contributed by atoms with Crippen LogP contribution in [-0.2, 0) is 9.59 Å². The number of thioether (sulfide) groups is 1. The van der Waals surface area contributed by atoms with Crippen molar-refractivity contribution in [2.45, 2.75) is 0 Å². The van der Waals surface area contributed by atoms with E-state index in [2.05, 4.69) is 10.2 Å². The van der Waals surface area contributed by atoms with Crippen LogP contribution >= 0.6 is 11.8 Å². The Morgan fingerprint density at radius 2 is 1.81 bits per heavy atom. The Hall–Kier alpha value is -3.46. The zero-order valence-electron chi connectivity index (χ0n) is 13.9. The van der Waals surface area contributed by atoms with Gasteiger partial charge in [0.1, 0.15) is 12.3 Å². The third kappa shape index (κ3) is 4.39. The van der Waals surface area contributed by atoms with Crippen molar-refractivity contribution in [1.29, 1.82) is 0 Å². The number of primary amides is 1. The van der Waals surface area contributed by atoms with E-state index < -0.39 is 23.6 Å². The zero-order chi connectivity index (χ0) is 19.4. The second-order valence-electron chi connectivity index (χ2n) is 5.51. The minimum atomic E-state index is -0.787. The maximum Gasteiger partial charge on any atom is 0.294 e. The number of imide groups is 1. The van der Waals surface area contributed by atoms with Crippen molar-refractivity contribution in [1.82, 2.24) is 4.90 Å². The van der Waals surface area contributed by atoms with E-state index in [0.29, 0.717) is 28.7 Å². The number of aromatic hydroxyl groups is 1. The third-order valence-electron chi connectivity index (χ3n) is 3.52. The topological polar surface area (TPSA) is 125 Å². The van der Waals surface area contributed by atoms with Gasteiger partial charge in [-0.05, 0) is 48.2 Å². The average Bonchev–Trinajstić information content (AvgIpc) is 2.90. The van der Waals surface area contributed by atoms with Crippen LogP contribution in [-0.4, -0.2) is 33.6 Å². The standard InChI is InChI=1S/C18H14N4O4S/c19-16(24)10-22-17(25)15(27-18(22)26)9-11-8-13(6-7-14(11)23)21-20-12-4-2-1-3-5-12/h1-9,23H,10H2,(H2,19,24)/b15-9-,21-20?. The Bertz CT molecular complexity index is 973. The molecule has 1 aliphatic rings. The molecule has 0 atom stereocenters. The van der Waals surface area contributed by atoms with E-state index in [-0.39, 0.29) is 10.7 Å². The molecule has 0 aliphatic carbocycles. The molecule has 1 saturated heterocycles. The summed E-state index contributed by atoms with van der Waals surface area (Å²) in [5.41, 5.74) is 6.46. The van der Waals surface area contributed by atoms with Gasteiger partial charge in [0.2, 0.25) is 5.91 Å². The van der Waals surface area contributed by atoms with E-state index in [4.69, 9.17) is 5.73 Å². The lowest BCUT2D eigenvalue weighted by atomic mass is 10.1. The number of phenols is 1. The molecule has 1 aliphatic heterocycles. The smallest absolute Gasteiger partial charge is 0.294 e. The molecule has 3 N–H and O–H groups in total. The molecule has 1 fully saturated rings. The van der Waals surface area contributed by atoms with Crippen molar-refractivity contribution >= 4 is 46.3 Å². The van der Waals surface area contributed by atoms with E-state index in [1.807, 2.05) is 18.2 Å². The number of benzene rings is 2. The average molecular weight is 382 g/mol. The van der Waals surface area contributed by atoms with Gasteiger partial charge < -0.3 is 10.8 Å². The number of azo groups is 1. The Balaban J connectivity index is 1.86. The van der Waals surface area contributed by atoms with Gasteiger partial charge in [-0.15, -0.1) is 0 Å². The highest BCUT2D eigenvalue weighted by Crippen LogP contribution is 2.34. The van der Waals surface area contributed by atoms with Gasteiger partial charge in [-0.25, -0.2) is 0 Å². The van der Waals surface area contributed by atoms with Crippen LogP contribution in [0.25, 0.3) is 6.08 Å². The first-order valence-corrected chi connectivity index (χ1v) is 8.59. The van der Waals surface area contributed by atoms with E-state index in [9.17, 15) is 19.5 Å². The number of rotatable bonds is 5. The molecule has 0 spiro atoms. The minimum Gasteiger partial charge on any atom is -0.507 e. The largest absolute Gasteiger partial charge is 0.507 e.